The van der Waals surface area contributed by atoms with Crippen LogP contribution in [0.5, 0.6) is 11.5 Å². The van der Waals surface area contributed by atoms with E-state index < -0.39 is 84.3 Å². The zero-order chi connectivity index (χ0) is 30.4. The number of nitrogens with zero attached hydrogens (tertiary/aromatic N) is 2. The molecule has 2 atom stereocenters. The third kappa shape index (κ3) is 2.24. The number of aromatic nitrogens is 1. The molecule has 7 heteroatoms. The average molecular weight is 401 g/mol. The lowest BCUT2D eigenvalue weighted by atomic mass is 9.86. The molecule has 0 aliphatic carbocycles. The number of para-hydroxylation sites is 1. The van der Waals surface area contributed by atoms with Crippen molar-refractivity contribution in [2.75, 3.05) is 20.3 Å². The fraction of sp³-hybridized carbons (Fsp3) is 0.273. The fourth-order valence-electron chi connectivity index (χ4n) is 3.57. The van der Waals surface area contributed by atoms with Gasteiger partial charge < -0.3 is 24.3 Å². The van der Waals surface area contributed by atoms with Crippen LogP contribution in [0.3, 0.4) is 0 Å². The molecule has 3 aromatic rings. The lowest BCUT2D eigenvalue weighted by molar-refractivity contribution is -0.157. The number of carbonyl (C=O) groups excluding carboxylic acids is 2. The molecule has 4 heterocycles. The molecule has 0 unspecified atom stereocenters. The molecule has 146 valence electrons. The van der Waals surface area contributed by atoms with Crippen molar-refractivity contribution in [3.05, 3.63) is 59.2 Å². The molecule has 7 nitrogen and oxygen atoms in total. The lowest BCUT2D eigenvalue weighted by Crippen LogP contribution is -2.62. The summed E-state index contributed by atoms with van der Waals surface area (Å²) < 4.78 is 112. The highest BCUT2D eigenvalue weighted by atomic mass is 16.7. The van der Waals surface area contributed by atoms with E-state index in [1.807, 2.05) is 0 Å². The molecule has 3 aliphatic heterocycles. The summed E-state index contributed by atoms with van der Waals surface area (Å²) in [5, 5.41) is -0.451. The second-order valence-electron chi connectivity index (χ2n) is 6.51. The number of H-pyrrole nitrogens is 1. The van der Waals surface area contributed by atoms with E-state index in [4.69, 9.17) is 23.2 Å². The second-order valence-corrected chi connectivity index (χ2v) is 6.51. The van der Waals surface area contributed by atoms with Gasteiger partial charge in [-0.15, -0.1) is 0 Å². The number of carbonyl (C=O) groups is 2. The third-order valence-corrected chi connectivity index (χ3v) is 4.86. The van der Waals surface area contributed by atoms with Gasteiger partial charge in [-0.25, -0.2) is 0 Å². The van der Waals surface area contributed by atoms with Crippen LogP contribution in [0, 0.1) is 0 Å². The summed E-state index contributed by atoms with van der Waals surface area (Å²) in [7, 11) is 0.870. The maximum atomic E-state index is 13.8. The Kier molecular flexibility index (Phi) is 1.69. The first-order chi connectivity index (χ1) is 18.7. The Balaban J connectivity index is 1.80. The topological polar surface area (TPSA) is 74.9 Å². The highest BCUT2D eigenvalue weighted by molar-refractivity contribution is 5.97. The van der Waals surface area contributed by atoms with Crippen molar-refractivity contribution in [1.29, 1.82) is 0 Å². The molecule has 0 bridgehead atoms. The summed E-state index contributed by atoms with van der Waals surface area (Å²) >= 11 is 0. The zero-order valence-corrected chi connectivity index (χ0v) is 14.8. The minimum absolute atomic E-state index is 0.0989. The van der Waals surface area contributed by atoms with Crippen LogP contribution in [0.2, 0.25) is 0 Å². The molecule has 0 saturated carbocycles. The van der Waals surface area contributed by atoms with Crippen molar-refractivity contribution in [3.63, 3.8) is 0 Å². The van der Waals surface area contributed by atoms with Crippen molar-refractivity contribution in [1.82, 2.24) is 14.8 Å². The molecule has 2 amide bonds. The van der Waals surface area contributed by atoms with Crippen molar-refractivity contribution in [2.45, 2.75) is 18.4 Å². The van der Waals surface area contributed by atoms with Crippen LogP contribution in [0.15, 0.2) is 42.4 Å². The quantitative estimate of drug-likeness (QED) is 0.678. The number of amides is 2. The van der Waals surface area contributed by atoms with E-state index in [9.17, 15) is 12.3 Å². The van der Waals surface area contributed by atoms with E-state index >= 15 is 0 Å². The SMILES string of the molecule is [2H]c1c([2H])c([2H])c2c3c([nH]c2c1[2H])[C@@]([2H])(c1ccc2c(c1)OC([2H])([2H])O2)N1C(=O)C([2H])([2H])N(C)C(=O)[C@@]1([2H])C3([2H])[2H]. The van der Waals surface area contributed by atoms with Gasteiger partial charge in [-0.3, -0.25) is 9.59 Å². The van der Waals surface area contributed by atoms with Gasteiger partial charge in [0, 0.05) is 32.8 Å². The Bertz CT molecular complexity index is 1740. The largest absolute Gasteiger partial charge is 0.454 e. The van der Waals surface area contributed by atoms with Crippen LogP contribution in [-0.4, -0.2) is 52.9 Å². The molecular formula is C22H19N3O4. The fourth-order valence-corrected chi connectivity index (χ4v) is 3.57. The first kappa shape index (κ1) is 8.49. The Hall–Kier alpha value is -3.48. The summed E-state index contributed by atoms with van der Waals surface area (Å²) in [6, 6.07) is -5.61. The maximum Gasteiger partial charge on any atom is 0.245 e. The number of benzene rings is 2. The number of piperazine rings is 1. The normalized spacial score (nSPS) is 39.1. The summed E-state index contributed by atoms with van der Waals surface area (Å²) in [6.45, 7) is -5.73. The molecule has 2 aromatic carbocycles. The summed E-state index contributed by atoms with van der Waals surface area (Å²) in [4.78, 5) is 30.6. The Labute approximate surface area is 183 Å². The number of hydrogen-bond donors (Lipinski definition) is 1. The van der Waals surface area contributed by atoms with Gasteiger partial charge in [-0.2, -0.15) is 0 Å². The van der Waals surface area contributed by atoms with Gasteiger partial charge in [0.15, 0.2) is 11.5 Å². The van der Waals surface area contributed by atoms with Crippen LogP contribution in [0.4, 0.5) is 0 Å². The number of nitrogens with one attached hydrogen (secondary N) is 1. The maximum absolute atomic E-state index is 13.8. The summed E-state index contributed by atoms with van der Waals surface area (Å²) in [5.74, 6) is -3.49. The molecule has 29 heavy (non-hydrogen) atoms. The van der Waals surface area contributed by atoms with E-state index in [-0.39, 0.29) is 32.4 Å². The van der Waals surface area contributed by atoms with Crippen LogP contribution in [0.1, 0.15) is 39.3 Å². The van der Waals surface area contributed by atoms with Gasteiger partial charge in [0.25, 0.3) is 0 Å². The van der Waals surface area contributed by atoms with Crippen molar-refractivity contribution in [2.24, 2.45) is 0 Å². The van der Waals surface area contributed by atoms with Crippen LogP contribution in [0.25, 0.3) is 10.9 Å². The molecule has 1 N–H and O–H groups in total. The van der Waals surface area contributed by atoms with Gasteiger partial charge in [0.1, 0.15) is 8.76 Å². The van der Waals surface area contributed by atoms with Gasteiger partial charge in [-0.05, 0) is 29.3 Å². The molecular weight excluding hydrogens is 370 g/mol. The number of fused-ring (bicyclic) bond motifs is 5. The van der Waals surface area contributed by atoms with Crippen LogP contribution in [-0.2, 0) is 16.0 Å². The predicted octanol–water partition coefficient (Wildman–Crippen LogP) is 2.21. The molecule has 6 rings (SSSR count). The molecule has 0 radical (unpaired) electrons. The minimum Gasteiger partial charge on any atom is -0.454 e. The Morgan fingerprint density at radius 3 is 2.97 bits per heavy atom. The van der Waals surface area contributed by atoms with E-state index in [1.54, 1.807) is 0 Å². The molecule has 1 aromatic heterocycles. The molecule has 3 aliphatic rings. The first-order valence-electron chi connectivity index (χ1n) is 14.5. The van der Waals surface area contributed by atoms with E-state index in [0.717, 1.165) is 19.2 Å². The smallest absolute Gasteiger partial charge is 0.245 e. The number of ether oxygens (including phenoxy) is 2. The minimum atomic E-state index is -3.35. The predicted molar refractivity (Wildman–Crippen MR) is 105 cm³/mol. The number of rotatable bonds is 1. The standard InChI is InChI=1S/C22H19N3O4/c1-24-10-19(26)25-16(22(24)27)9-14-13-4-2-3-5-15(13)23-20(14)21(25)12-6-7-17-18(8-12)29-11-28-17/h2-8,16,21,23H,9-11H2,1H3/t16-,21-/m1/s1/i2D,3D,4D,5D,9D2,10D2,11D2,16D,21D. The first-order valence-corrected chi connectivity index (χ1v) is 8.53. The van der Waals surface area contributed by atoms with E-state index in [2.05, 4.69) is 4.98 Å². The lowest BCUT2D eigenvalue weighted by Gasteiger charge is -2.46. The Morgan fingerprint density at radius 1 is 1.24 bits per heavy atom. The summed E-state index contributed by atoms with van der Waals surface area (Å²) in [5.41, 5.74) is -1.89. The Morgan fingerprint density at radius 2 is 2.07 bits per heavy atom. The van der Waals surface area contributed by atoms with Crippen molar-refractivity contribution < 1.29 is 35.5 Å². The van der Waals surface area contributed by atoms with E-state index in [1.165, 1.54) is 6.07 Å². The van der Waals surface area contributed by atoms with Gasteiger partial charge in [-0.1, -0.05) is 24.2 Å². The van der Waals surface area contributed by atoms with Crippen LogP contribution < -0.4 is 9.47 Å². The van der Waals surface area contributed by atoms with Crippen molar-refractivity contribution in [3.8, 4) is 11.5 Å². The van der Waals surface area contributed by atoms with Crippen LogP contribution >= 0.6 is 0 Å². The monoisotopic (exact) mass is 401 g/mol. The number of hydrogen-bond acceptors (Lipinski definition) is 4. The zero-order valence-electron chi connectivity index (χ0n) is 26.8. The van der Waals surface area contributed by atoms with E-state index in [0.29, 0.717) is 0 Å². The average Bonchev–Trinajstić information content (AvgIpc) is 3.45. The van der Waals surface area contributed by atoms with Crippen molar-refractivity contribution >= 4 is 22.7 Å². The van der Waals surface area contributed by atoms with Gasteiger partial charge >= 0.3 is 0 Å². The molecule has 0 spiro atoms. The number of likely N-dealkylation sites (N-methyl/N-ethyl adjacent to an activating group) is 1. The number of aromatic amines is 1. The van der Waals surface area contributed by atoms with Gasteiger partial charge in [0.05, 0.1) is 23.5 Å². The highest BCUT2D eigenvalue weighted by Crippen LogP contribution is 2.44. The highest BCUT2D eigenvalue weighted by Gasteiger charge is 2.47. The molecule has 1 saturated heterocycles. The molecule has 1 fully saturated rings. The third-order valence-electron chi connectivity index (χ3n) is 4.86. The second kappa shape index (κ2) is 5.76. The van der Waals surface area contributed by atoms with Gasteiger partial charge in [0.2, 0.25) is 18.6 Å². The summed E-state index contributed by atoms with van der Waals surface area (Å²) in [6.07, 6.45) is -3.26.